The van der Waals surface area contributed by atoms with Gasteiger partial charge >= 0.3 is 0 Å². The van der Waals surface area contributed by atoms with Crippen LogP contribution in [-0.2, 0) is 4.74 Å². The van der Waals surface area contributed by atoms with Crippen molar-refractivity contribution in [2.24, 2.45) is 0 Å². The van der Waals surface area contributed by atoms with Crippen LogP contribution < -0.4 is 5.32 Å². The quantitative estimate of drug-likeness (QED) is 0.827. The molecule has 0 spiro atoms. The molecule has 19 heavy (non-hydrogen) atoms. The van der Waals surface area contributed by atoms with E-state index < -0.39 is 0 Å². The topological polar surface area (TPSA) is 68.5 Å². The van der Waals surface area contributed by atoms with Gasteiger partial charge in [-0.15, -0.1) is 10.2 Å². The van der Waals surface area contributed by atoms with E-state index in [0.717, 1.165) is 18.7 Å². The fourth-order valence-corrected chi connectivity index (χ4v) is 1.98. The van der Waals surface area contributed by atoms with Crippen LogP contribution in [0.1, 0.15) is 16.8 Å². The highest BCUT2D eigenvalue weighted by Gasteiger charge is 2.09. The van der Waals surface area contributed by atoms with Crippen molar-refractivity contribution in [2.45, 2.75) is 6.42 Å². The third kappa shape index (κ3) is 2.63. The molecule has 2 aromatic heterocycles. The Morgan fingerprint density at radius 3 is 3.26 bits per heavy atom. The highest BCUT2D eigenvalue weighted by atomic mass is 16.5. The zero-order chi connectivity index (χ0) is 13.1. The van der Waals surface area contributed by atoms with E-state index in [4.69, 9.17) is 4.74 Å². The van der Waals surface area contributed by atoms with Gasteiger partial charge in [0.25, 0.3) is 5.91 Å². The van der Waals surface area contributed by atoms with Gasteiger partial charge in [0.15, 0.2) is 5.65 Å². The fraction of sp³-hybridized carbons (Fsp3) is 0.308. The summed E-state index contributed by atoms with van der Waals surface area (Å²) in [6.07, 6.45) is 6.20. The minimum atomic E-state index is -0.0945. The second-order valence-electron chi connectivity index (χ2n) is 4.38. The van der Waals surface area contributed by atoms with E-state index in [1.54, 1.807) is 29.1 Å². The van der Waals surface area contributed by atoms with E-state index in [1.807, 2.05) is 6.08 Å². The number of amides is 1. The first-order valence-corrected chi connectivity index (χ1v) is 6.16. The molecule has 3 rings (SSSR count). The molecule has 1 aliphatic heterocycles. The number of carbonyl (C=O) groups is 1. The van der Waals surface area contributed by atoms with Crippen LogP contribution in [0.15, 0.2) is 36.3 Å². The number of aromatic nitrogens is 3. The summed E-state index contributed by atoms with van der Waals surface area (Å²) >= 11 is 0. The van der Waals surface area contributed by atoms with Gasteiger partial charge in [-0.1, -0.05) is 11.6 Å². The maximum absolute atomic E-state index is 12.0. The standard InChI is InChI=1S/C13H14N4O2/c18-13(14-7-10-3-5-19-6-4-10)11-1-2-12-16-15-9-17(12)8-11/h1-3,8-9H,4-7H2,(H,14,18). The average Bonchev–Trinajstić information content (AvgIpc) is 2.93. The van der Waals surface area contributed by atoms with Crippen molar-refractivity contribution in [3.63, 3.8) is 0 Å². The summed E-state index contributed by atoms with van der Waals surface area (Å²) in [7, 11) is 0. The Hall–Kier alpha value is -2.21. The summed E-state index contributed by atoms with van der Waals surface area (Å²) < 4.78 is 6.95. The summed E-state index contributed by atoms with van der Waals surface area (Å²) in [6, 6.07) is 3.52. The summed E-state index contributed by atoms with van der Waals surface area (Å²) in [5.41, 5.74) is 2.54. The van der Waals surface area contributed by atoms with E-state index in [2.05, 4.69) is 15.5 Å². The number of fused-ring (bicyclic) bond motifs is 1. The molecule has 0 saturated carbocycles. The molecule has 0 saturated heterocycles. The molecule has 0 radical (unpaired) electrons. The predicted octanol–water partition coefficient (Wildman–Crippen LogP) is 0.806. The molecule has 1 N–H and O–H groups in total. The molecule has 2 aromatic rings. The molecule has 1 aliphatic rings. The Labute approximate surface area is 110 Å². The third-order valence-corrected chi connectivity index (χ3v) is 3.09. The molecular weight excluding hydrogens is 244 g/mol. The second kappa shape index (κ2) is 5.19. The van der Waals surface area contributed by atoms with Crippen LogP contribution in [0.3, 0.4) is 0 Å². The third-order valence-electron chi connectivity index (χ3n) is 3.09. The fourth-order valence-electron chi connectivity index (χ4n) is 1.98. The SMILES string of the molecule is O=C(NCC1=CCOCC1)c1ccc2nncn2c1. The van der Waals surface area contributed by atoms with E-state index in [0.29, 0.717) is 18.7 Å². The van der Waals surface area contributed by atoms with Crippen molar-refractivity contribution in [1.29, 1.82) is 0 Å². The van der Waals surface area contributed by atoms with Gasteiger partial charge in [0.05, 0.1) is 18.8 Å². The maximum Gasteiger partial charge on any atom is 0.253 e. The summed E-state index contributed by atoms with van der Waals surface area (Å²) in [5.74, 6) is -0.0945. The number of nitrogens with zero attached hydrogens (tertiary/aromatic N) is 3. The number of nitrogens with one attached hydrogen (secondary N) is 1. The maximum atomic E-state index is 12.0. The number of rotatable bonds is 3. The molecule has 3 heterocycles. The predicted molar refractivity (Wildman–Crippen MR) is 68.8 cm³/mol. The lowest BCUT2D eigenvalue weighted by Gasteiger charge is -2.14. The van der Waals surface area contributed by atoms with Crippen molar-refractivity contribution >= 4 is 11.6 Å². The molecule has 0 fully saturated rings. The lowest BCUT2D eigenvalue weighted by Crippen LogP contribution is -2.27. The van der Waals surface area contributed by atoms with Gasteiger partial charge in [-0.2, -0.15) is 0 Å². The Morgan fingerprint density at radius 2 is 2.42 bits per heavy atom. The number of pyridine rings is 1. The van der Waals surface area contributed by atoms with E-state index in [-0.39, 0.29) is 5.91 Å². The number of hydrogen-bond acceptors (Lipinski definition) is 4. The first kappa shape index (κ1) is 11.9. The zero-order valence-corrected chi connectivity index (χ0v) is 10.4. The van der Waals surface area contributed by atoms with Crippen LogP contribution in [0.4, 0.5) is 0 Å². The molecule has 0 aliphatic carbocycles. The lowest BCUT2D eigenvalue weighted by atomic mass is 10.1. The molecule has 98 valence electrons. The van der Waals surface area contributed by atoms with Gasteiger partial charge < -0.3 is 10.1 Å². The van der Waals surface area contributed by atoms with Crippen LogP contribution >= 0.6 is 0 Å². The molecule has 6 heteroatoms. The van der Waals surface area contributed by atoms with Crippen molar-refractivity contribution in [3.05, 3.63) is 41.9 Å². The largest absolute Gasteiger partial charge is 0.377 e. The van der Waals surface area contributed by atoms with Crippen LogP contribution in [0, 0.1) is 0 Å². The lowest BCUT2D eigenvalue weighted by molar-refractivity contribution is 0.0953. The molecule has 0 aromatic carbocycles. The highest BCUT2D eigenvalue weighted by molar-refractivity contribution is 5.94. The molecule has 0 bridgehead atoms. The van der Waals surface area contributed by atoms with Crippen molar-refractivity contribution in [1.82, 2.24) is 19.9 Å². The monoisotopic (exact) mass is 258 g/mol. The zero-order valence-electron chi connectivity index (χ0n) is 10.4. The number of ether oxygens (including phenoxy) is 1. The van der Waals surface area contributed by atoms with Crippen molar-refractivity contribution < 1.29 is 9.53 Å². The minimum Gasteiger partial charge on any atom is -0.377 e. The van der Waals surface area contributed by atoms with Crippen molar-refractivity contribution in [3.8, 4) is 0 Å². The normalized spacial score (nSPS) is 15.3. The molecule has 1 amide bonds. The molecule has 6 nitrogen and oxygen atoms in total. The van der Waals surface area contributed by atoms with Gasteiger partial charge in [0.1, 0.15) is 6.33 Å². The van der Waals surface area contributed by atoms with Crippen LogP contribution in [0.5, 0.6) is 0 Å². The minimum absolute atomic E-state index is 0.0945. The van der Waals surface area contributed by atoms with E-state index >= 15 is 0 Å². The molecule has 0 atom stereocenters. The van der Waals surface area contributed by atoms with Gasteiger partial charge in [0.2, 0.25) is 0 Å². The summed E-state index contributed by atoms with van der Waals surface area (Å²) in [5, 5.41) is 10.6. The van der Waals surface area contributed by atoms with Crippen LogP contribution in [0.25, 0.3) is 5.65 Å². The summed E-state index contributed by atoms with van der Waals surface area (Å²) in [6.45, 7) is 1.94. The van der Waals surface area contributed by atoms with Gasteiger partial charge in [-0.3, -0.25) is 9.20 Å². The van der Waals surface area contributed by atoms with Gasteiger partial charge in [-0.05, 0) is 18.6 Å². The summed E-state index contributed by atoms with van der Waals surface area (Å²) in [4.78, 5) is 12.0. The Bertz CT molecular complexity index is 632. The average molecular weight is 258 g/mol. The van der Waals surface area contributed by atoms with Crippen LogP contribution in [-0.4, -0.2) is 40.3 Å². The Morgan fingerprint density at radius 1 is 1.47 bits per heavy atom. The highest BCUT2D eigenvalue weighted by Crippen LogP contribution is 2.07. The smallest absolute Gasteiger partial charge is 0.253 e. The van der Waals surface area contributed by atoms with Gasteiger partial charge in [-0.25, -0.2) is 0 Å². The van der Waals surface area contributed by atoms with Gasteiger partial charge in [0, 0.05) is 12.7 Å². The first-order chi connectivity index (χ1) is 9.33. The van der Waals surface area contributed by atoms with Crippen molar-refractivity contribution in [2.75, 3.05) is 19.8 Å². The number of carbonyl (C=O) groups excluding carboxylic acids is 1. The Kier molecular flexibility index (Phi) is 3.24. The van der Waals surface area contributed by atoms with E-state index in [1.165, 1.54) is 5.57 Å². The number of hydrogen-bond donors (Lipinski definition) is 1. The molecule has 0 unspecified atom stereocenters. The first-order valence-electron chi connectivity index (χ1n) is 6.16. The van der Waals surface area contributed by atoms with E-state index in [9.17, 15) is 4.79 Å². The molecular formula is C13H14N4O2. The Balaban J connectivity index is 1.67. The van der Waals surface area contributed by atoms with Crippen LogP contribution in [0.2, 0.25) is 0 Å². The second-order valence-corrected chi connectivity index (χ2v) is 4.38.